The molecule has 0 aromatic heterocycles. The Labute approximate surface area is 155 Å². The van der Waals surface area contributed by atoms with Gasteiger partial charge in [-0.2, -0.15) is 13.2 Å². The number of hydrogen-bond donors (Lipinski definition) is 2. The van der Waals surface area contributed by atoms with Gasteiger partial charge < -0.3 is 5.32 Å². The molecular weight excluding hydrogens is 381 g/mol. The number of sulfonamides is 1. The van der Waals surface area contributed by atoms with Gasteiger partial charge in [0.1, 0.15) is 0 Å². The summed E-state index contributed by atoms with van der Waals surface area (Å²) in [6, 6.07) is 9.82. The van der Waals surface area contributed by atoms with Crippen molar-refractivity contribution in [2.45, 2.75) is 17.6 Å². The van der Waals surface area contributed by atoms with Crippen LogP contribution < -0.4 is 10.0 Å². The maximum Gasteiger partial charge on any atom is 0.416 e. The van der Waals surface area contributed by atoms with Gasteiger partial charge in [-0.25, -0.2) is 13.1 Å². The number of benzene rings is 2. The molecule has 144 valence electrons. The molecule has 0 aliphatic rings. The Kier molecular flexibility index (Phi) is 6.40. The van der Waals surface area contributed by atoms with Gasteiger partial charge in [-0.05, 0) is 35.9 Å². The van der Waals surface area contributed by atoms with E-state index in [1.807, 2.05) is 0 Å². The van der Waals surface area contributed by atoms with E-state index in [0.29, 0.717) is 5.56 Å². The van der Waals surface area contributed by atoms with Gasteiger partial charge in [0.2, 0.25) is 10.0 Å². The van der Waals surface area contributed by atoms with E-state index < -0.39 is 27.7 Å². The van der Waals surface area contributed by atoms with Gasteiger partial charge in [-0.1, -0.05) is 24.3 Å². The quantitative estimate of drug-likeness (QED) is 0.704. The second kappa shape index (κ2) is 8.36. The summed E-state index contributed by atoms with van der Waals surface area (Å²) in [5, 5.41) is 2.54. The maximum atomic E-state index is 12.5. The van der Waals surface area contributed by atoms with Gasteiger partial charge in [0.25, 0.3) is 5.91 Å². The van der Waals surface area contributed by atoms with E-state index in [1.165, 1.54) is 42.5 Å². The van der Waals surface area contributed by atoms with Crippen molar-refractivity contribution < 1.29 is 26.4 Å². The second-order valence-electron chi connectivity index (χ2n) is 5.55. The predicted octanol–water partition coefficient (Wildman–Crippen LogP) is 3.10. The first-order valence-electron chi connectivity index (χ1n) is 7.78. The minimum absolute atomic E-state index is 0.00264. The fraction of sp³-hybridized carbons (Fsp3) is 0.167. The summed E-state index contributed by atoms with van der Waals surface area (Å²) in [4.78, 5) is 12.1. The van der Waals surface area contributed by atoms with E-state index in [9.17, 15) is 26.4 Å². The van der Waals surface area contributed by atoms with Crippen molar-refractivity contribution in [3.63, 3.8) is 0 Å². The van der Waals surface area contributed by atoms with Gasteiger partial charge in [0.15, 0.2) is 0 Å². The summed E-state index contributed by atoms with van der Waals surface area (Å²) in [6.07, 6.45) is -3.04. The number of carbonyl (C=O) groups excluding carboxylic acids is 1. The third-order valence-corrected chi connectivity index (χ3v) is 4.98. The molecule has 2 aromatic carbocycles. The van der Waals surface area contributed by atoms with Crippen molar-refractivity contribution in [1.29, 1.82) is 0 Å². The van der Waals surface area contributed by atoms with Crippen LogP contribution in [-0.2, 0) is 22.7 Å². The van der Waals surface area contributed by atoms with E-state index >= 15 is 0 Å². The topological polar surface area (TPSA) is 75.3 Å². The molecule has 0 saturated carbocycles. The normalized spacial score (nSPS) is 11.8. The Balaban J connectivity index is 2.06. The molecule has 0 fully saturated rings. The van der Waals surface area contributed by atoms with E-state index in [-0.39, 0.29) is 23.5 Å². The molecule has 0 aliphatic carbocycles. The third kappa shape index (κ3) is 5.66. The standard InChI is InChI=1S/C18H17F3N2O3S/c1-2-10-23-27(25,26)16-5-3-4-14(11-16)17(24)22-12-13-6-8-15(9-7-13)18(19,20)21/h2-9,11,23H,1,10,12H2,(H,22,24). The lowest BCUT2D eigenvalue weighted by molar-refractivity contribution is -0.137. The van der Waals surface area contributed by atoms with E-state index in [2.05, 4.69) is 16.6 Å². The number of alkyl halides is 3. The van der Waals surface area contributed by atoms with E-state index in [1.54, 1.807) is 0 Å². The molecule has 0 atom stereocenters. The zero-order valence-corrected chi connectivity index (χ0v) is 14.9. The Morgan fingerprint density at radius 3 is 2.37 bits per heavy atom. The van der Waals surface area contributed by atoms with Crippen LogP contribution in [0.2, 0.25) is 0 Å². The minimum atomic E-state index is -4.42. The fourth-order valence-electron chi connectivity index (χ4n) is 2.15. The minimum Gasteiger partial charge on any atom is -0.348 e. The van der Waals surface area contributed by atoms with Crippen LogP contribution in [-0.4, -0.2) is 20.9 Å². The van der Waals surface area contributed by atoms with Gasteiger partial charge in [-0.15, -0.1) is 6.58 Å². The molecule has 1 amide bonds. The average Bonchev–Trinajstić information content (AvgIpc) is 2.64. The highest BCUT2D eigenvalue weighted by Crippen LogP contribution is 2.29. The molecule has 0 aliphatic heterocycles. The molecule has 0 bridgehead atoms. The molecule has 2 N–H and O–H groups in total. The number of hydrogen-bond acceptors (Lipinski definition) is 3. The molecule has 0 radical (unpaired) electrons. The molecule has 27 heavy (non-hydrogen) atoms. The Morgan fingerprint density at radius 1 is 1.11 bits per heavy atom. The zero-order valence-electron chi connectivity index (χ0n) is 14.1. The van der Waals surface area contributed by atoms with E-state index in [0.717, 1.165) is 12.1 Å². The van der Waals surface area contributed by atoms with Crippen LogP contribution in [0.15, 0.2) is 66.1 Å². The summed E-state index contributed by atoms with van der Waals surface area (Å²) in [5.74, 6) is -0.546. The third-order valence-electron chi connectivity index (χ3n) is 3.56. The van der Waals surface area contributed by atoms with Crippen LogP contribution in [0.25, 0.3) is 0 Å². The van der Waals surface area contributed by atoms with Crippen molar-refractivity contribution in [3.8, 4) is 0 Å². The molecule has 9 heteroatoms. The van der Waals surface area contributed by atoms with Crippen molar-refractivity contribution in [2.75, 3.05) is 6.54 Å². The number of amides is 1. The molecule has 0 heterocycles. The van der Waals surface area contributed by atoms with Crippen LogP contribution in [0.5, 0.6) is 0 Å². The highest BCUT2D eigenvalue weighted by atomic mass is 32.2. The maximum absolute atomic E-state index is 12.5. The average molecular weight is 398 g/mol. The molecule has 0 spiro atoms. The van der Waals surface area contributed by atoms with Gasteiger partial charge >= 0.3 is 6.18 Å². The molecule has 2 rings (SSSR count). The molecule has 2 aromatic rings. The number of carbonyl (C=O) groups is 1. The van der Waals surface area contributed by atoms with Crippen molar-refractivity contribution in [2.24, 2.45) is 0 Å². The monoisotopic (exact) mass is 398 g/mol. The number of halogens is 3. The molecule has 0 saturated heterocycles. The lowest BCUT2D eigenvalue weighted by Gasteiger charge is -2.10. The Bertz CT molecular complexity index is 924. The van der Waals surface area contributed by atoms with Crippen molar-refractivity contribution in [3.05, 3.63) is 77.9 Å². The summed E-state index contributed by atoms with van der Waals surface area (Å²) in [6.45, 7) is 3.47. The zero-order chi connectivity index (χ0) is 20.1. The van der Waals surface area contributed by atoms with Crippen LogP contribution in [0.3, 0.4) is 0 Å². The summed E-state index contributed by atoms with van der Waals surface area (Å²) < 4.78 is 64.1. The van der Waals surface area contributed by atoms with Gasteiger partial charge in [-0.3, -0.25) is 4.79 Å². The number of rotatable bonds is 7. The highest BCUT2D eigenvalue weighted by molar-refractivity contribution is 7.89. The molecule has 0 unspecified atom stereocenters. The Hall–Kier alpha value is -2.65. The largest absolute Gasteiger partial charge is 0.416 e. The predicted molar refractivity (Wildman–Crippen MR) is 94.4 cm³/mol. The van der Waals surface area contributed by atoms with Gasteiger partial charge in [0, 0.05) is 18.7 Å². The SMILES string of the molecule is C=CCNS(=O)(=O)c1cccc(C(=O)NCc2ccc(C(F)(F)F)cc2)c1. The van der Waals surface area contributed by atoms with Crippen molar-refractivity contribution in [1.82, 2.24) is 10.0 Å². The lowest BCUT2D eigenvalue weighted by Crippen LogP contribution is -2.25. The first kappa shape index (κ1) is 20.7. The summed E-state index contributed by atoms with van der Waals surface area (Å²) >= 11 is 0. The van der Waals surface area contributed by atoms with Crippen LogP contribution in [0.1, 0.15) is 21.5 Å². The van der Waals surface area contributed by atoms with Crippen LogP contribution >= 0.6 is 0 Å². The Morgan fingerprint density at radius 2 is 1.78 bits per heavy atom. The summed E-state index contributed by atoms with van der Waals surface area (Å²) in [5.41, 5.74) is -0.182. The molecular formula is C18H17F3N2O3S. The number of nitrogens with one attached hydrogen (secondary N) is 2. The fourth-order valence-corrected chi connectivity index (χ4v) is 3.20. The van der Waals surface area contributed by atoms with Crippen molar-refractivity contribution >= 4 is 15.9 Å². The van der Waals surface area contributed by atoms with Crippen LogP contribution in [0.4, 0.5) is 13.2 Å². The second-order valence-corrected chi connectivity index (χ2v) is 7.31. The first-order valence-corrected chi connectivity index (χ1v) is 9.27. The highest BCUT2D eigenvalue weighted by Gasteiger charge is 2.29. The smallest absolute Gasteiger partial charge is 0.348 e. The van der Waals surface area contributed by atoms with Gasteiger partial charge in [0.05, 0.1) is 10.5 Å². The first-order chi connectivity index (χ1) is 12.6. The molecule has 5 nitrogen and oxygen atoms in total. The lowest BCUT2D eigenvalue weighted by atomic mass is 10.1. The van der Waals surface area contributed by atoms with E-state index in [4.69, 9.17) is 0 Å². The summed E-state index contributed by atoms with van der Waals surface area (Å²) in [7, 11) is -3.77. The van der Waals surface area contributed by atoms with Crippen LogP contribution in [0, 0.1) is 0 Å².